The Balaban J connectivity index is 2.39. The van der Waals surface area contributed by atoms with Crippen molar-refractivity contribution in [2.45, 2.75) is 45.2 Å². The fraction of sp³-hybridized carbons (Fsp3) is 0.571. The monoisotopic (exact) mass is 342 g/mol. The molecule has 0 radical (unpaired) electrons. The molecule has 0 aliphatic carbocycles. The van der Waals surface area contributed by atoms with Crippen LogP contribution in [0.1, 0.15) is 50.1 Å². The number of hydrogen-bond acceptors (Lipinski definition) is 2. The number of halogens is 1. The molecule has 0 aromatic carbocycles. The first-order valence-electron chi connectivity index (χ1n) is 6.70. The molecule has 1 aliphatic heterocycles. The molecule has 1 saturated heterocycles. The van der Waals surface area contributed by atoms with E-state index >= 15 is 0 Å². The molecule has 6 heteroatoms. The summed E-state index contributed by atoms with van der Waals surface area (Å²) in [5.74, 6) is -1.16. The summed E-state index contributed by atoms with van der Waals surface area (Å²) in [4.78, 5) is 25.7. The highest BCUT2D eigenvalue weighted by atomic mass is 79.9. The lowest BCUT2D eigenvalue weighted by Crippen LogP contribution is -2.51. The van der Waals surface area contributed by atoms with Crippen molar-refractivity contribution in [1.82, 2.24) is 9.47 Å². The first-order valence-corrected chi connectivity index (χ1v) is 7.49. The zero-order valence-electron chi connectivity index (χ0n) is 11.9. The fourth-order valence-electron chi connectivity index (χ4n) is 2.69. The number of aliphatic carboxylic acids is 1. The number of aromatic nitrogens is 1. The zero-order valence-corrected chi connectivity index (χ0v) is 13.5. The first kappa shape index (κ1) is 15.1. The summed E-state index contributed by atoms with van der Waals surface area (Å²) in [6.45, 7) is 6.09. The van der Waals surface area contributed by atoms with Crippen LogP contribution in [0.5, 0.6) is 0 Å². The van der Waals surface area contributed by atoms with Crippen molar-refractivity contribution >= 4 is 27.8 Å². The van der Waals surface area contributed by atoms with Gasteiger partial charge < -0.3 is 14.6 Å². The molecular weight excluding hydrogens is 324 g/mol. The van der Waals surface area contributed by atoms with Crippen molar-refractivity contribution in [2.24, 2.45) is 0 Å². The van der Waals surface area contributed by atoms with Gasteiger partial charge in [0.05, 0.1) is 0 Å². The SMILES string of the molecule is CC(C)n1cc(Br)cc1C(=O)N1CCCC1(C)C(=O)O. The van der Waals surface area contributed by atoms with E-state index in [2.05, 4.69) is 15.9 Å². The Morgan fingerprint density at radius 1 is 1.45 bits per heavy atom. The van der Waals surface area contributed by atoms with Gasteiger partial charge >= 0.3 is 5.97 Å². The zero-order chi connectivity index (χ0) is 15.1. The van der Waals surface area contributed by atoms with Gasteiger partial charge in [-0.05, 0) is 55.6 Å². The van der Waals surface area contributed by atoms with Crippen molar-refractivity contribution in [1.29, 1.82) is 0 Å². The highest BCUT2D eigenvalue weighted by Gasteiger charge is 2.46. The van der Waals surface area contributed by atoms with Crippen LogP contribution in [-0.2, 0) is 4.79 Å². The highest BCUT2D eigenvalue weighted by Crippen LogP contribution is 2.32. The smallest absolute Gasteiger partial charge is 0.329 e. The Hall–Kier alpha value is -1.30. The number of hydrogen-bond donors (Lipinski definition) is 1. The molecule has 110 valence electrons. The van der Waals surface area contributed by atoms with Gasteiger partial charge in [-0.1, -0.05) is 0 Å². The van der Waals surface area contributed by atoms with Crippen molar-refractivity contribution in [3.63, 3.8) is 0 Å². The molecule has 20 heavy (non-hydrogen) atoms. The number of nitrogens with zero attached hydrogens (tertiary/aromatic N) is 2. The molecule has 1 aromatic rings. The third kappa shape index (κ3) is 2.37. The number of rotatable bonds is 3. The summed E-state index contributed by atoms with van der Waals surface area (Å²) in [6, 6.07) is 1.89. The van der Waals surface area contributed by atoms with Gasteiger partial charge in [0.25, 0.3) is 5.91 Å². The third-order valence-corrected chi connectivity index (χ3v) is 4.37. The lowest BCUT2D eigenvalue weighted by Gasteiger charge is -2.31. The van der Waals surface area contributed by atoms with E-state index in [9.17, 15) is 14.7 Å². The third-order valence-electron chi connectivity index (χ3n) is 3.94. The number of carboxylic acid groups (broad SMARTS) is 1. The Kier molecular flexibility index (Phi) is 3.95. The van der Waals surface area contributed by atoms with Crippen molar-refractivity contribution in [2.75, 3.05) is 6.54 Å². The molecule has 1 atom stereocenters. The first-order chi connectivity index (χ1) is 9.27. The summed E-state index contributed by atoms with van der Waals surface area (Å²) >= 11 is 3.38. The number of amides is 1. The van der Waals surface area contributed by atoms with Crippen LogP contribution in [0.4, 0.5) is 0 Å². The average molecular weight is 343 g/mol. The van der Waals surface area contributed by atoms with Gasteiger partial charge in [0, 0.05) is 23.3 Å². The van der Waals surface area contributed by atoms with Crippen LogP contribution < -0.4 is 0 Å². The molecule has 1 amide bonds. The van der Waals surface area contributed by atoms with Gasteiger partial charge in [0.1, 0.15) is 11.2 Å². The molecule has 5 nitrogen and oxygen atoms in total. The maximum absolute atomic E-state index is 12.7. The van der Waals surface area contributed by atoms with Gasteiger partial charge in [-0.25, -0.2) is 4.79 Å². The second kappa shape index (κ2) is 5.24. The van der Waals surface area contributed by atoms with Crippen LogP contribution in [0.2, 0.25) is 0 Å². The van der Waals surface area contributed by atoms with Gasteiger partial charge in [-0.15, -0.1) is 0 Å². The van der Waals surface area contributed by atoms with E-state index in [4.69, 9.17) is 0 Å². The van der Waals surface area contributed by atoms with E-state index in [1.165, 1.54) is 4.90 Å². The van der Waals surface area contributed by atoms with E-state index in [1.807, 2.05) is 24.6 Å². The molecule has 1 aromatic heterocycles. The number of carboxylic acids is 1. The molecule has 1 fully saturated rings. The van der Waals surface area contributed by atoms with E-state index in [0.717, 1.165) is 10.9 Å². The van der Waals surface area contributed by atoms with Gasteiger partial charge in [-0.3, -0.25) is 4.79 Å². The predicted octanol–water partition coefficient (Wildman–Crippen LogP) is 2.91. The van der Waals surface area contributed by atoms with Gasteiger partial charge in [-0.2, -0.15) is 0 Å². The number of carbonyl (C=O) groups excluding carboxylic acids is 1. The van der Waals surface area contributed by atoms with Gasteiger partial charge in [0.2, 0.25) is 0 Å². The molecule has 0 saturated carbocycles. The minimum absolute atomic E-state index is 0.138. The molecule has 0 bridgehead atoms. The number of likely N-dealkylation sites (tertiary alicyclic amines) is 1. The Morgan fingerprint density at radius 3 is 2.65 bits per heavy atom. The predicted molar refractivity (Wildman–Crippen MR) is 78.8 cm³/mol. The van der Waals surface area contributed by atoms with E-state index in [1.54, 1.807) is 13.0 Å². The molecule has 2 heterocycles. The van der Waals surface area contributed by atoms with E-state index in [-0.39, 0.29) is 11.9 Å². The van der Waals surface area contributed by atoms with Crippen LogP contribution in [-0.4, -0.2) is 38.5 Å². The summed E-state index contributed by atoms with van der Waals surface area (Å²) in [5.41, 5.74) is -0.573. The Bertz CT molecular complexity index is 553. The minimum Gasteiger partial charge on any atom is -0.480 e. The standard InChI is InChI=1S/C14H19BrN2O3/c1-9(2)16-8-10(15)7-11(16)12(18)17-6-4-5-14(17,3)13(19)20/h7-9H,4-6H2,1-3H3,(H,19,20). The van der Waals surface area contributed by atoms with Gasteiger partial charge in [0.15, 0.2) is 0 Å². The van der Waals surface area contributed by atoms with Crippen LogP contribution in [0.25, 0.3) is 0 Å². The van der Waals surface area contributed by atoms with E-state index < -0.39 is 11.5 Å². The molecule has 2 rings (SSSR count). The fourth-order valence-corrected chi connectivity index (χ4v) is 3.13. The second-order valence-corrected chi connectivity index (χ2v) is 6.60. The van der Waals surface area contributed by atoms with Crippen molar-refractivity contribution in [3.8, 4) is 0 Å². The summed E-state index contributed by atoms with van der Waals surface area (Å²) < 4.78 is 2.69. The van der Waals surface area contributed by atoms with Crippen LogP contribution in [0.3, 0.4) is 0 Å². The second-order valence-electron chi connectivity index (χ2n) is 5.68. The summed E-state index contributed by atoms with van der Waals surface area (Å²) in [6.07, 6.45) is 3.07. The van der Waals surface area contributed by atoms with Crippen molar-refractivity contribution < 1.29 is 14.7 Å². The average Bonchev–Trinajstić information content (AvgIpc) is 2.93. The number of carbonyl (C=O) groups is 2. The summed E-state index contributed by atoms with van der Waals surface area (Å²) in [5, 5.41) is 9.41. The molecule has 0 spiro atoms. The maximum atomic E-state index is 12.7. The summed E-state index contributed by atoms with van der Waals surface area (Å²) in [7, 11) is 0. The topological polar surface area (TPSA) is 62.5 Å². The molecule has 1 unspecified atom stereocenters. The normalized spacial score (nSPS) is 22.6. The van der Waals surface area contributed by atoms with Crippen LogP contribution >= 0.6 is 15.9 Å². The van der Waals surface area contributed by atoms with Crippen LogP contribution in [0.15, 0.2) is 16.7 Å². The van der Waals surface area contributed by atoms with Crippen LogP contribution in [0, 0.1) is 0 Å². The lowest BCUT2D eigenvalue weighted by atomic mass is 9.99. The minimum atomic E-state index is -1.10. The Labute approximate surface area is 126 Å². The molecule has 1 aliphatic rings. The molecule has 1 N–H and O–H groups in total. The maximum Gasteiger partial charge on any atom is 0.329 e. The highest BCUT2D eigenvalue weighted by molar-refractivity contribution is 9.10. The quantitative estimate of drug-likeness (QED) is 0.918. The van der Waals surface area contributed by atoms with Crippen molar-refractivity contribution in [3.05, 3.63) is 22.4 Å². The van der Waals surface area contributed by atoms with E-state index in [0.29, 0.717) is 18.7 Å². The Morgan fingerprint density at radius 2 is 2.10 bits per heavy atom. The molecular formula is C14H19BrN2O3. The lowest BCUT2D eigenvalue weighted by molar-refractivity contribution is -0.147. The largest absolute Gasteiger partial charge is 0.480 e.